The van der Waals surface area contributed by atoms with Crippen LogP contribution in [0.2, 0.25) is 5.02 Å². The van der Waals surface area contributed by atoms with Crippen LogP contribution in [-0.2, 0) is 22.6 Å². The summed E-state index contributed by atoms with van der Waals surface area (Å²) in [5.74, 6) is -0.210. The Morgan fingerprint density at radius 1 is 1.00 bits per heavy atom. The van der Waals surface area contributed by atoms with E-state index < -0.39 is 0 Å². The standard InChI is InChI=1S/C22H22ClN3O2S/c1-15-22(17-7-9-18(23)10-8-17)26-21(29-15)14-25-19(27)11-12-24-20(28)13-16-5-3-2-4-6-16/h2-10H,11-14H2,1H3,(H,24,28)(H,25,27). The Morgan fingerprint density at radius 3 is 2.45 bits per heavy atom. The van der Waals surface area contributed by atoms with E-state index in [2.05, 4.69) is 15.6 Å². The lowest BCUT2D eigenvalue weighted by atomic mass is 10.1. The predicted octanol–water partition coefficient (Wildman–Crippen LogP) is 4.14. The molecule has 0 aliphatic heterocycles. The molecule has 2 N–H and O–H groups in total. The fraction of sp³-hybridized carbons (Fsp3) is 0.227. The van der Waals surface area contributed by atoms with Gasteiger partial charge in [0.2, 0.25) is 11.8 Å². The average Bonchev–Trinajstić information content (AvgIpc) is 3.08. The zero-order valence-corrected chi connectivity index (χ0v) is 17.6. The predicted molar refractivity (Wildman–Crippen MR) is 117 cm³/mol. The van der Waals surface area contributed by atoms with Crippen LogP contribution in [0, 0.1) is 6.92 Å². The molecule has 29 heavy (non-hydrogen) atoms. The molecule has 0 saturated heterocycles. The van der Waals surface area contributed by atoms with E-state index >= 15 is 0 Å². The molecule has 0 aliphatic rings. The summed E-state index contributed by atoms with van der Waals surface area (Å²) >= 11 is 7.50. The first-order valence-corrected chi connectivity index (χ1v) is 10.5. The maximum Gasteiger partial charge on any atom is 0.224 e. The minimum absolute atomic E-state index is 0.0906. The molecular weight excluding hydrogens is 406 g/mol. The number of aryl methyl sites for hydroxylation is 1. The molecule has 0 bridgehead atoms. The van der Waals surface area contributed by atoms with Gasteiger partial charge in [-0.25, -0.2) is 4.98 Å². The van der Waals surface area contributed by atoms with Crippen LogP contribution in [0.5, 0.6) is 0 Å². The van der Waals surface area contributed by atoms with Crippen LogP contribution in [0.25, 0.3) is 11.3 Å². The van der Waals surface area contributed by atoms with Crippen LogP contribution >= 0.6 is 22.9 Å². The third-order valence-corrected chi connectivity index (χ3v) is 5.50. The second kappa shape index (κ2) is 10.2. The monoisotopic (exact) mass is 427 g/mol. The minimum atomic E-state index is -0.120. The molecule has 3 aromatic rings. The summed E-state index contributed by atoms with van der Waals surface area (Å²) in [6, 6.07) is 17.1. The molecule has 2 amide bonds. The Labute approximate surface area is 179 Å². The molecular formula is C22H22ClN3O2S. The van der Waals surface area contributed by atoms with Gasteiger partial charge in [0, 0.05) is 28.4 Å². The first-order chi connectivity index (χ1) is 14.0. The van der Waals surface area contributed by atoms with Crippen LogP contribution in [0.4, 0.5) is 0 Å². The molecule has 0 spiro atoms. The Balaban J connectivity index is 1.42. The van der Waals surface area contributed by atoms with E-state index in [1.165, 1.54) is 0 Å². The molecule has 1 aromatic heterocycles. The average molecular weight is 428 g/mol. The lowest BCUT2D eigenvalue weighted by molar-refractivity contribution is -0.122. The van der Waals surface area contributed by atoms with Crippen molar-refractivity contribution in [3.63, 3.8) is 0 Å². The van der Waals surface area contributed by atoms with Gasteiger partial charge >= 0.3 is 0 Å². The number of amides is 2. The van der Waals surface area contributed by atoms with Gasteiger partial charge in [0.1, 0.15) is 5.01 Å². The Bertz CT molecular complexity index is 971. The van der Waals surface area contributed by atoms with Gasteiger partial charge in [0.25, 0.3) is 0 Å². The van der Waals surface area contributed by atoms with Crippen LogP contribution in [0.15, 0.2) is 54.6 Å². The molecule has 0 radical (unpaired) electrons. The van der Waals surface area contributed by atoms with Gasteiger partial charge in [-0.2, -0.15) is 0 Å². The highest BCUT2D eigenvalue weighted by Crippen LogP contribution is 2.28. The molecule has 1 heterocycles. The zero-order valence-electron chi connectivity index (χ0n) is 16.1. The molecule has 150 valence electrons. The van der Waals surface area contributed by atoms with E-state index in [0.717, 1.165) is 26.7 Å². The number of aromatic nitrogens is 1. The van der Waals surface area contributed by atoms with E-state index in [1.54, 1.807) is 11.3 Å². The third kappa shape index (κ3) is 6.41. The number of rotatable bonds is 8. The van der Waals surface area contributed by atoms with Crippen molar-refractivity contribution in [2.24, 2.45) is 0 Å². The van der Waals surface area contributed by atoms with Crippen LogP contribution in [0.3, 0.4) is 0 Å². The quantitative estimate of drug-likeness (QED) is 0.567. The van der Waals surface area contributed by atoms with Gasteiger partial charge < -0.3 is 10.6 Å². The van der Waals surface area contributed by atoms with E-state index in [9.17, 15) is 9.59 Å². The van der Waals surface area contributed by atoms with Crippen LogP contribution < -0.4 is 10.6 Å². The lowest BCUT2D eigenvalue weighted by Gasteiger charge is -2.06. The molecule has 3 rings (SSSR count). The van der Waals surface area contributed by atoms with Gasteiger partial charge in [0.15, 0.2) is 0 Å². The van der Waals surface area contributed by atoms with E-state index in [-0.39, 0.29) is 18.2 Å². The third-order valence-electron chi connectivity index (χ3n) is 4.28. The Hall–Kier alpha value is -2.70. The highest BCUT2D eigenvalue weighted by atomic mass is 35.5. The molecule has 7 heteroatoms. The van der Waals surface area contributed by atoms with Crippen molar-refractivity contribution >= 4 is 34.8 Å². The summed E-state index contributed by atoms with van der Waals surface area (Å²) in [5, 5.41) is 7.16. The summed E-state index contributed by atoms with van der Waals surface area (Å²) in [6.07, 6.45) is 0.545. The first kappa shape index (κ1) is 21.0. The second-order valence-electron chi connectivity index (χ2n) is 6.56. The normalized spacial score (nSPS) is 10.6. The van der Waals surface area contributed by atoms with Crippen molar-refractivity contribution in [1.82, 2.24) is 15.6 Å². The van der Waals surface area contributed by atoms with E-state index in [1.807, 2.05) is 61.5 Å². The number of thiazole rings is 1. The fourth-order valence-corrected chi connectivity index (χ4v) is 3.85. The number of halogens is 1. The van der Waals surface area contributed by atoms with Crippen LogP contribution in [0.1, 0.15) is 21.9 Å². The molecule has 2 aromatic carbocycles. The summed E-state index contributed by atoms with van der Waals surface area (Å²) in [5.41, 5.74) is 2.86. The molecule has 5 nitrogen and oxygen atoms in total. The maximum atomic E-state index is 12.1. The van der Waals surface area contributed by atoms with Crippen molar-refractivity contribution < 1.29 is 9.59 Å². The number of benzene rings is 2. The van der Waals surface area contributed by atoms with Crippen molar-refractivity contribution in [1.29, 1.82) is 0 Å². The summed E-state index contributed by atoms with van der Waals surface area (Å²) in [4.78, 5) is 29.7. The van der Waals surface area contributed by atoms with Crippen molar-refractivity contribution in [2.45, 2.75) is 26.3 Å². The summed E-state index contributed by atoms with van der Waals surface area (Å²) in [6.45, 7) is 2.69. The number of nitrogens with one attached hydrogen (secondary N) is 2. The Morgan fingerprint density at radius 2 is 1.72 bits per heavy atom. The second-order valence-corrected chi connectivity index (χ2v) is 8.28. The number of carbonyl (C=O) groups is 2. The van der Waals surface area contributed by atoms with Gasteiger partial charge in [-0.15, -0.1) is 11.3 Å². The molecule has 0 aliphatic carbocycles. The summed E-state index contributed by atoms with van der Waals surface area (Å²) < 4.78 is 0. The molecule has 0 saturated carbocycles. The first-order valence-electron chi connectivity index (χ1n) is 9.31. The lowest BCUT2D eigenvalue weighted by Crippen LogP contribution is -2.31. The largest absolute Gasteiger partial charge is 0.355 e. The molecule has 0 fully saturated rings. The smallest absolute Gasteiger partial charge is 0.224 e. The number of nitrogens with zero attached hydrogens (tertiary/aromatic N) is 1. The van der Waals surface area contributed by atoms with Gasteiger partial charge in [0.05, 0.1) is 18.7 Å². The maximum absolute atomic E-state index is 12.1. The van der Waals surface area contributed by atoms with Crippen LogP contribution in [-0.4, -0.2) is 23.3 Å². The van der Waals surface area contributed by atoms with Gasteiger partial charge in [-0.1, -0.05) is 54.1 Å². The van der Waals surface area contributed by atoms with E-state index in [0.29, 0.717) is 24.5 Å². The zero-order chi connectivity index (χ0) is 20.6. The van der Waals surface area contributed by atoms with Crippen molar-refractivity contribution in [3.05, 3.63) is 75.1 Å². The van der Waals surface area contributed by atoms with Gasteiger partial charge in [-0.3, -0.25) is 9.59 Å². The fourth-order valence-electron chi connectivity index (χ4n) is 2.82. The van der Waals surface area contributed by atoms with E-state index in [4.69, 9.17) is 11.6 Å². The topological polar surface area (TPSA) is 71.1 Å². The molecule has 0 atom stereocenters. The highest BCUT2D eigenvalue weighted by molar-refractivity contribution is 7.12. The molecule has 0 unspecified atom stereocenters. The SMILES string of the molecule is Cc1sc(CNC(=O)CCNC(=O)Cc2ccccc2)nc1-c1ccc(Cl)cc1. The minimum Gasteiger partial charge on any atom is -0.355 e. The number of hydrogen-bond acceptors (Lipinski definition) is 4. The number of carbonyl (C=O) groups excluding carboxylic acids is 2. The van der Waals surface area contributed by atoms with Gasteiger partial charge in [-0.05, 0) is 24.6 Å². The highest BCUT2D eigenvalue weighted by Gasteiger charge is 2.11. The van der Waals surface area contributed by atoms with Crippen molar-refractivity contribution in [3.8, 4) is 11.3 Å². The Kier molecular flexibility index (Phi) is 7.38. The number of hydrogen-bond donors (Lipinski definition) is 2. The summed E-state index contributed by atoms with van der Waals surface area (Å²) in [7, 11) is 0. The van der Waals surface area contributed by atoms with Crippen molar-refractivity contribution in [2.75, 3.05) is 6.54 Å².